The molecule has 0 fully saturated rings. The van der Waals surface area contributed by atoms with Gasteiger partial charge in [-0.2, -0.15) is 0 Å². The molecule has 0 radical (unpaired) electrons. The van der Waals surface area contributed by atoms with Crippen molar-refractivity contribution in [2.45, 2.75) is 20.0 Å². The number of benzene rings is 2. The van der Waals surface area contributed by atoms with Crippen LogP contribution >= 0.6 is 19.2 Å². The summed E-state index contributed by atoms with van der Waals surface area (Å²) in [4.78, 5) is 0. The standard InChI is InChI=1S/C15H18ClO3P/c1-3-18-20(17,19-4-2)11-12-5-6-14-10-15(16)8-7-13(14)9-12/h5-10H,3-4,11H2,1-2H3. The van der Waals surface area contributed by atoms with E-state index in [4.69, 9.17) is 20.6 Å². The maximum atomic E-state index is 12.5. The van der Waals surface area contributed by atoms with Crippen molar-refractivity contribution in [3.05, 3.63) is 47.0 Å². The van der Waals surface area contributed by atoms with E-state index in [2.05, 4.69) is 0 Å². The Kier molecular flexibility index (Phi) is 5.22. The number of hydrogen-bond donors (Lipinski definition) is 0. The maximum Gasteiger partial charge on any atom is 0.335 e. The molecule has 3 nitrogen and oxygen atoms in total. The molecule has 0 aliphatic rings. The molecule has 0 unspecified atom stereocenters. The first kappa shape index (κ1) is 15.5. The summed E-state index contributed by atoms with van der Waals surface area (Å²) < 4.78 is 23.1. The van der Waals surface area contributed by atoms with Crippen LogP contribution in [-0.2, 0) is 19.8 Å². The number of rotatable bonds is 6. The van der Waals surface area contributed by atoms with E-state index in [1.165, 1.54) is 0 Å². The van der Waals surface area contributed by atoms with Crippen molar-refractivity contribution in [1.82, 2.24) is 0 Å². The van der Waals surface area contributed by atoms with Gasteiger partial charge >= 0.3 is 7.60 Å². The molecule has 5 heteroatoms. The summed E-state index contributed by atoms with van der Waals surface area (Å²) >= 11 is 5.96. The van der Waals surface area contributed by atoms with Gasteiger partial charge in [-0.1, -0.05) is 35.9 Å². The zero-order valence-electron chi connectivity index (χ0n) is 11.6. The molecule has 0 heterocycles. The average molecular weight is 313 g/mol. The number of halogens is 1. The van der Waals surface area contributed by atoms with Crippen LogP contribution in [0.5, 0.6) is 0 Å². The Labute approximate surface area is 124 Å². The highest BCUT2D eigenvalue weighted by Crippen LogP contribution is 2.51. The third-order valence-electron chi connectivity index (χ3n) is 2.89. The lowest BCUT2D eigenvalue weighted by molar-refractivity contribution is 0.219. The van der Waals surface area contributed by atoms with Crippen LogP contribution in [0.2, 0.25) is 5.02 Å². The molecule has 0 aliphatic heterocycles. The first-order valence-electron chi connectivity index (χ1n) is 6.62. The van der Waals surface area contributed by atoms with Gasteiger partial charge in [0.25, 0.3) is 0 Å². The second-order valence-corrected chi connectivity index (χ2v) is 6.92. The summed E-state index contributed by atoms with van der Waals surface area (Å²) in [6.45, 7) is 4.38. The van der Waals surface area contributed by atoms with E-state index >= 15 is 0 Å². The molecule has 108 valence electrons. The SMILES string of the molecule is CCOP(=O)(Cc1ccc2cc(Cl)ccc2c1)OCC. The minimum absolute atomic E-state index is 0.285. The van der Waals surface area contributed by atoms with E-state index in [0.29, 0.717) is 18.2 Å². The highest BCUT2D eigenvalue weighted by Gasteiger charge is 2.23. The Morgan fingerprint density at radius 1 is 1.00 bits per heavy atom. The summed E-state index contributed by atoms with van der Waals surface area (Å²) in [6, 6.07) is 11.6. The van der Waals surface area contributed by atoms with Crippen LogP contribution in [-0.4, -0.2) is 13.2 Å². The second kappa shape index (κ2) is 6.73. The highest BCUT2D eigenvalue weighted by molar-refractivity contribution is 7.53. The van der Waals surface area contributed by atoms with E-state index < -0.39 is 7.60 Å². The predicted octanol–water partition coefficient (Wildman–Crippen LogP) is 5.26. The van der Waals surface area contributed by atoms with E-state index in [9.17, 15) is 4.57 Å². The van der Waals surface area contributed by atoms with Crippen molar-refractivity contribution in [2.24, 2.45) is 0 Å². The Balaban J connectivity index is 2.28. The van der Waals surface area contributed by atoms with Crippen LogP contribution in [0.3, 0.4) is 0 Å². The summed E-state index contributed by atoms with van der Waals surface area (Å²) in [5.41, 5.74) is 0.935. The molecule has 0 aliphatic carbocycles. The molecule has 2 rings (SSSR count). The quantitative estimate of drug-likeness (QED) is 0.682. The minimum atomic E-state index is -3.05. The average Bonchev–Trinajstić information content (AvgIpc) is 2.39. The van der Waals surface area contributed by atoms with Gasteiger partial charge in [-0.25, -0.2) is 0 Å². The van der Waals surface area contributed by atoms with E-state index in [1.54, 1.807) is 0 Å². The Bertz CT molecular complexity index is 632. The zero-order chi connectivity index (χ0) is 14.6. The largest absolute Gasteiger partial charge is 0.335 e. The minimum Gasteiger partial charge on any atom is -0.309 e. The third-order valence-corrected chi connectivity index (χ3v) is 5.19. The second-order valence-electron chi connectivity index (χ2n) is 4.43. The fraction of sp³-hybridized carbons (Fsp3) is 0.333. The lowest BCUT2D eigenvalue weighted by atomic mass is 10.1. The highest BCUT2D eigenvalue weighted by atomic mass is 35.5. The third kappa shape index (κ3) is 3.83. The molecule has 0 bridgehead atoms. The van der Waals surface area contributed by atoms with Crippen LogP contribution < -0.4 is 0 Å². The summed E-state index contributed by atoms with van der Waals surface area (Å²) in [5.74, 6) is 0. The molecular formula is C15H18ClO3P. The van der Waals surface area contributed by atoms with Gasteiger partial charge in [-0.3, -0.25) is 4.57 Å². The van der Waals surface area contributed by atoms with E-state index in [1.807, 2.05) is 50.2 Å². The zero-order valence-corrected chi connectivity index (χ0v) is 13.3. The van der Waals surface area contributed by atoms with Gasteiger partial charge in [0.05, 0.1) is 19.4 Å². The lowest BCUT2D eigenvalue weighted by Gasteiger charge is -2.17. The molecule has 0 spiro atoms. The van der Waals surface area contributed by atoms with Gasteiger partial charge in [-0.05, 0) is 42.3 Å². The van der Waals surface area contributed by atoms with Crippen molar-refractivity contribution < 1.29 is 13.6 Å². The summed E-state index contributed by atoms with van der Waals surface area (Å²) in [7, 11) is -3.05. The van der Waals surface area contributed by atoms with Crippen LogP contribution in [0.25, 0.3) is 10.8 Å². The van der Waals surface area contributed by atoms with Gasteiger partial charge in [0.1, 0.15) is 0 Å². The maximum absolute atomic E-state index is 12.5. The van der Waals surface area contributed by atoms with Crippen LogP contribution in [0.1, 0.15) is 19.4 Å². The molecule has 0 aromatic heterocycles. The first-order chi connectivity index (χ1) is 9.56. The van der Waals surface area contributed by atoms with Gasteiger partial charge < -0.3 is 9.05 Å². The fourth-order valence-electron chi connectivity index (χ4n) is 2.11. The fourth-order valence-corrected chi connectivity index (χ4v) is 3.98. The Morgan fingerprint density at radius 2 is 1.60 bits per heavy atom. The molecule has 0 amide bonds. The van der Waals surface area contributed by atoms with E-state index in [0.717, 1.165) is 16.3 Å². The van der Waals surface area contributed by atoms with E-state index in [-0.39, 0.29) is 6.16 Å². The topological polar surface area (TPSA) is 35.5 Å². The van der Waals surface area contributed by atoms with Gasteiger partial charge in [0.2, 0.25) is 0 Å². The van der Waals surface area contributed by atoms with Crippen molar-refractivity contribution in [3.8, 4) is 0 Å². The van der Waals surface area contributed by atoms with Crippen LogP contribution in [0.4, 0.5) is 0 Å². The Hall–Kier alpha value is -0.860. The molecule has 0 saturated heterocycles. The van der Waals surface area contributed by atoms with Crippen molar-refractivity contribution in [3.63, 3.8) is 0 Å². The van der Waals surface area contributed by atoms with Gasteiger partial charge in [0.15, 0.2) is 0 Å². The summed E-state index contributed by atoms with van der Waals surface area (Å²) in [5, 5.41) is 2.83. The normalized spacial score (nSPS) is 11.9. The predicted molar refractivity (Wildman–Crippen MR) is 83.5 cm³/mol. The molecule has 2 aromatic carbocycles. The Morgan fingerprint density at radius 3 is 2.25 bits per heavy atom. The van der Waals surface area contributed by atoms with Crippen molar-refractivity contribution in [2.75, 3.05) is 13.2 Å². The number of fused-ring (bicyclic) bond motifs is 1. The lowest BCUT2D eigenvalue weighted by Crippen LogP contribution is -1.99. The molecule has 2 aromatic rings. The molecule has 0 atom stereocenters. The summed E-state index contributed by atoms with van der Waals surface area (Å²) in [6.07, 6.45) is 0.285. The van der Waals surface area contributed by atoms with Crippen molar-refractivity contribution >= 4 is 30.0 Å². The van der Waals surface area contributed by atoms with Gasteiger partial charge in [0, 0.05) is 5.02 Å². The monoisotopic (exact) mass is 312 g/mol. The van der Waals surface area contributed by atoms with Crippen LogP contribution in [0.15, 0.2) is 36.4 Å². The molecule has 0 N–H and O–H groups in total. The van der Waals surface area contributed by atoms with Crippen molar-refractivity contribution in [1.29, 1.82) is 0 Å². The number of hydrogen-bond acceptors (Lipinski definition) is 3. The first-order valence-corrected chi connectivity index (χ1v) is 8.73. The smallest absolute Gasteiger partial charge is 0.309 e. The molecule has 0 saturated carbocycles. The molecular weight excluding hydrogens is 295 g/mol. The van der Waals surface area contributed by atoms with Crippen LogP contribution in [0, 0.1) is 0 Å². The van der Waals surface area contributed by atoms with Gasteiger partial charge in [-0.15, -0.1) is 0 Å². The molecule has 20 heavy (non-hydrogen) atoms.